The maximum Gasteiger partial charge on any atom is 0.233 e. The molecule has 3 aromatic rings. The third-order valence-corrected chi connectivity index (χ3v) is 7.08. The van der Waals surface area contributed by atoms with Gasteiger partial charge in [0.2, 0.25) is 5.91 Å². The van der Waals surface area contributed by atoms with Gasteiger partial charge in [0.15, 0.2) is 11.0 Å². The lowest BCUT2D eigenvalue weighted by Gasteiger charge is -2.34. The van der Waals surface area contributed by atoms with Gasteiger partial charge >= 0.3 is 0 Å². The van der Waals surface area contributed by atoms with Crippen LogP contribution < -0.4 is 0 Å². The van der Waals surface area contributed by atoms with Gasteiger partial charge in [-0.2, -0.15) is 0 Å². The number of carbonyl (C=O) groups is 1. The molecule has 2 atom stereocenters. The molecule has 1 saturated carbocycles. The Morgan fingerprint density at radius 1 is 1.20 bits per heavy atom. The van der Waals surface area contributed by atoms with Gasteiger partial charge in [-0.15, -0.1) is 10.2 Å². The first-order valence-corrected chi connectivity index (χ1v) is 12.0. The first kappa shape index (κ1) is 21.0. The van der Waals surface area contributed by atoms with Gasteiger partial charge in [0.25, 0.3) is 0 Å². The van der Waals surface area contributed by atoms with E-state index >= 15 is 0 Å². The number of H-pyrrole nitrogens is 1. The van der Waals surface area contributed by atoms with Crippen LogP contribution in [0.5, 0.6) is 0 Å². The number of carbonyl (C=O) groups excluding carboxylic acids is 1. The predicted molar refractivity (Wildman–Crippen MR) is 123 cm³/mol. The van der Waals surface area contributed by atoms with Crippen molar-refractivity contribution in [3.8, 4) is 11.4 Å². The highest BCUT2D eigenvalue weighted by molar-refractivity contribution is 7.99. The van der Waals surface area contributed by atoms with Crippen molar-refractivity contribution in [2.75, 3.05) is 5.75 Å². The van der Waals surface area contributed by atoms with Crippen molar-refractivity contribution in [2.45, 2.75) is 76.7 Å². The molecule has 6 nitrogen and oxygen atoms in total. The minimum Gasteiger partial charge on any atom is -0.360 e. The zero-order valence-electron chi connectivity index (χ0n) is 18.3. The molecular weight excluding hydrogens is 394 g/mol. The van der Waals surface area contributed by atoms with Crippen LogP contribution in [0.25, 0.3) is 22.3 Å². The molecule has 1 aliphatic carbocycles. The lowest BCUT2D eigenvalue weighted by molar-refractivity contribution is -0.132. The van der Waals surface area contributed by atoms with Gasteiger partial charge < -0.3 is 9.88 Å². The molecule has 0 saturated heterocycles. The number of hydrogen-bond acceptors (Lipinski definition) is 4. The van der Waals surface area contributed by atoms with Crippen LogP contribution in [0.2, 0.25) is 0 Å². The summed E-state index contributed by atoms with van der Waals surface area (Å²) in [5.41, 5.74) is 2.17. The van der Waals surface area contributed by atoms with Gasteiger partial charge in [0.05, 0.1) is 5.75 Å². The molecule has 160 valence electrons. The van der Waals surface area contributed by atoms with Crippen LogP contribution in [0.3, 0.4) is 0 Å². The minimum absolute atomic E-state index is 0.183. The number of nitrogens with zero attached hydrogens (tertiary/aromatic N) is 4. The van der Waals surface area contributed by atoms with Crippen LogP contribution in [0.1, 0.15) is 59.4 Å². The summed E-state index contributed by atoms with van der Waals surface area (Å²) in [4.78, 5) is 18.5. The number of benzene rings is 1. The second-order valence-electron chi connectivity index (χ2n) is 8.26. The molecule has 1 N–H and O–H groups in total. The molecule has 0 spiro atoms. The van der Waals surface area contributed by atoms with Crippen molar-refractivity contribution in [2.24, 2.45) is 0 Å². The molecule has 1 aromatic carbocycles. The fourth-order valence-corrected chi connectivity index (χ4v) is 4.87. The third-order valence-electron chi connectivity index (χ3n) is 6.15. The molecule has 1 fully saturated rings. The van der Waals surface area contributed by atoms with Crippen molar-refractivity contribution in [1.29, 1.82) is 0 Å². The number of amides is 1. The molecule has 7 heteroatoms. The van der Waals surface area contributed by atoms with Crippen molar-refractivity contribution in [3.63, 3.8) is 0 Å². The van der Waals surface area contributed by atoms with Crippen LogP contribution in [-0.2, 0) is 4.79 Å². The standard InChI is InChI=1S/C23H31N5OS/c1-5-15(3)27(16(4)6-2)21(29)14-30-23-26-25-22(28(23)17-11-12-17)19-13-24-20-10-8-7-9-18(19)20/h7-10,13,15-17,24H,5-6,11-12,14H2,1-4H3/t15-,16-/m0/s1. The molecule has 0 aliphatic heterocycles. The third kappa shape index (κ3) is 4.00. The zero-order chi connectivity index (χ0) is 21.3. The quantitative estimate of drug-likeness (QED) is 0.474. The SMILES string of the molecule is CC[C@H](C)N(C(=O)CSc1nnc(-c2c[nH]c3ccccc23)n1C1CC1)[C@@H](C)CC. The summed E-state index contributed by atoms with van der Waals surface area (Å²) in [7, 11) is 0. The van der Waals surface area contributed by atoms with Gasteiger partial charge in [-0.1, -0.05) is 43.8 Å². The fourth-order valence-electron chi connectivity index (χ4n) is 4.00. The van der Waals surface area contributed by atoms with Crippen molar-refractivity contribution in [1.82, 2.24) is 24.6 Å². The van der Waals surface area contributed by atoms with E-state index in [2.05, 4.69) is 59.6 Å². The van der Waals surface area contributed by atoms with E-state index in [4.69, 9.17) is 0 Å². The minimum atomic E-state index is 0.183. The molecule has 2 heterocycles. The van der Waals surface area contributed by atoms with Gasteiger partial charge in [0.1, 0.15) is 0 Å². The van der Waals surface area contributed by atoms with Gasteiger partial charge in [-0.3, -0.25) is 9.36 Å². The van der Waals surface area contributed by atoms with Crippen LogP contribution in [0.4, 0.5) is 0 Å². The number of rotatable bonds is 9. The van der Waals surface area contributed by atoms with Crippen molar-refractivity contribution in [3.05, 3.63) is 30.5 Å². The maximum absolute atomic E-state index is 13.1. The first-order valence-electron chi connectivity index (χ1n) is 11.0. The highest BCUT2D eigenvalue weighted by Gasteiger charge is 2.32. The number of aromatic nitrogens is 4. The fraction of sp³-hybridized carbons (Fsp3) is 0.522. The van der Waals surface area contributed by atoms with Crippen LogP contribution in [-0.4, -0.2) is 48.4 Å². The molecule has 4 rings (SSSR count). The average molecular weight is 426 g/mol. The number of fused-ring (bicyclic) bond motifs is 1. The summed E-state index contributed by atoms with van der Waals surface area (Å²) in [6.07, 6.45) is 6.22. The summed E-state index contributed by atoms with van der Waals surface area (Å²) < 4.78 is 2.24. The van der Waals surface area contributed by atoms with Gasteiger partial charge in [-0.25, -0.2) is 0 Å². The van der Waals surface area contributed by atoms with E-state index < -0.39 is 0 Å². The number of para-hydroxylation sites is 1. The van der Waals surface area contributed by atoms with E-state index in [0.717, 1.165) is 53.1 Å². The molecule has 0 bridgehead atoms. The summed E-state index contributed by atoms with van der Waals surface area (Å²) in [6.45, 7) is 8.54. The van der Waals surface area contributed by atoms with Gasteiger partial charge in [0, 0.05) is 40.8 Å². The van der Waals surface area contributed by atoms with Crippen LogP contribution >= 0.6 is 11.8 Å². The van der Waals surface area contributed by atoms with E-state index in [-0.39, 0.29) is 18.0 Å². The molecule has 0 unspecified atom stereocenters. The maximum atomic E-state index is 13.1. The monoisotopic (exact) mass is 425 g/mol. The van der Waals surface area contributed by atoms with E-state index in [1.807, 2.05) is 23.2 Å². The Morgan fingerprint density at radius 2 is 1.90 bits per heavy atom. The van der Waals surface area contributed by atoms with Crippen LogP contribution in [0.15, 0.2) is 35.6 Å². The molecule has 1 amide bonds. The Bertz CT molecular complexity index is 1010. The van der Waals surface area contributed by atoms with E-state index in [1.165, 1.54) is 11.8 Å². The second kappa shape index (κ2) is 8.84. The smallest absolute Gasteiger partial charge is 0.233 e. The molecule has 1 aliphatic rings. The summed E-state index contributed by atoms with van der Waals surface area (Å²) in [5.74, 6) is 1.47. The summed E-state index contributed by atoms with van der Waals surface area (Å²) >= 11 is 1.52. The summed E-state index contributed by atoms with van der Waals surface area (Å²) in [6, 6.07) is 9.18. The molecule has 2 aromatic heterocycles. The number of thioether (sulfide) groups is 1. The second-order valence-corrected chi connectivity index (χ2v) is 9.20. The largest absolute Gasteiger partial charge is 0.360 e. The number of nitrogens with one attached hydrogen (secondary N) is 1. The summed E-state index contributed by atoms with van der Waals surface area (Å²) in [5, 5.41) is 11.0. The highest BCUT2D eigenvalue weighted by atomic mass is 32.2. The average Bonchev–Trinajstić information content (AvgIpc) is 3.37. The van der Waals surface area contributed by atoms with Crippen molar-refractivity contribution >= 4 is 28.6 Å². The van der Waals surface area contributed by atoms with E-state index in [0.29, 0.717) is 11.8 Å². The Balaban J connectivity index is 1.58. The first-order chi connectivity index (χ1) is 14.5. The van der Waals surface area contributed by atoms with E-state index in [1.54, 1.807) is 0 Å². The molecular formula is C23H31N5OS. The lowest BCUT2D eigenvalue weighted by Crippen LogP contribution is -2.45. The molecule has 0 radical (unpaired) electrons. The zero-order valence-corrected chi connectivity index (χ0v) is 19.1. The Kier molecular flexibility index (Phi) is 6.18. The normalized spacial score (nSPS) is 16.0. The van der Waals surface area contributed by atoms with Crippen LogP contribution in [0, 0.1) is 0 Å². The Morgan fingerprint density at radius 3 is 2.57 bits per heavy atom. The Hall–Kier alpha value is -2.28. The Labute approximate surface area is 182 Å². The van der Waals surface area contributed by atoms with E-state index in [9.17, 15) is 4.79 Å². The predicted octanol–water partition coefficient (Wildman–Crippen LogP) is 5.28. The lowest BCUT2D eigenvalue weighted by atomic mass is 10.1. The highest BCUT2D eigenvalue weighted by Crippen LogP contribution is 2.42. The molecule has 30 heavy (non-hydrogen) atoms. The number of aromatic amines is 1. The van der Waals surface area contributed by atoms with Gasteiger partial charge in [-0.05, 0) is 45.6 Å². The number of hydrogen-bond donors (Lipinski definition) is 1. The van der Waals surface area contributed by atoms with Crippen molar-refractivity contribution < 1.29 is 4.79 Å². The topological polar surface area (TPSA) is 66.8 Å².